The molecule has 1 aliphatic rings. The van der Waals surface area contributed by atoms with Crippen molar-refractivity contribution in [3.8, 4) is 11.8 Å². The van der Waals surface area contributed by atoms with E-state index in [1.165, 1.54) is 12.8 Å². The molecule has 0 saturated carbocycles. The Kier molecular flexibility index (Phi) is 4.13. The van der Waals surface area contributed by atoms with Gasteiger partial charge in [-0.3, -0.25) is 4.90 Å². The van der Waals surface area contributed by atoms with Crippen LogP contribution in [-0.2, 0) is 4.74 Å². The van der Waals surface area contributed by atoms with E-state index in [0.717, 1.165) is 19.6 Å². The first-order valence-corrected chi connectivity index (χ1v) is 4.39. The highest BCUT2D eigenvalue weighted by Gasteiger charge is 2.08. The van der Waals surface area contributed by atoms with Crippen molar-refractivity contribution in [3.63, 3.8) is 0 Å². The fourth-order valence-corrected chi connectivity index (χ4v) is 1.27. The van der Waals surface area contributed by atoms with Crippen LogP contribution in [0, 0.1) is 11.8 Å². The topological polar surface area (TPSA) is 55.6 Å². The Hall–Kier alpha value is -1.21. The Labute approximate surface area is 78.0 Å². The molecule has 1 heterocycles. The molecule has 0 unspecified atom stereocenters. The van der Waals surface area contributed by atoms with Crippen molar-refractivity contribution in [3.05, 3.63) is 0 Å². The summed E-state index contributed by atoms with van der Waals surface area (Å²) in [6.45, 7) is 3.13. The molecule has 1 rings (SSSR count). The summed E-state index contributed by atoms with van der Waals surface area (Å²) in [5.41, 5.74) is 4.76. The molecule has 1 fully saturated rings. The van der Waals surface area contributed by atoms with Gasteiger partial charge in [0.05, 0.1) is 6.54 Å². The van der Waals surface area contributed by atoms with Gasteiger partial charge in [-0.1, -0.05) is 11.8 Å². The molecule has 0 bridgehead atoms. The van der Waals surface area contributed by atoms with E-state index in [-0.39, 0.29) is 6.61 Å². The summed E-state index contributed by atoms with van der Waals surface area (Å²) < 4.78 is 4.45. The van der Waals surface area contributed by atoms with Crippen LogP contribution in [0.25, 0.3) is 0 Å². The molecule has 1 saturated heterocycles. The lowest BCUT2D eigenvalue weighted by Gasteiger charge is -2.08. The van der Waals surface area contributed by atoms with Crippen molar-refractivity contribution in [1.82, 2.24) is 4.90 Å². The summed E-state index contributed by atoms with van der Waals surface area (Å²) in [5.74, 6) is 5.65. The van der Waals surface area contributed by atoms with Crippen molar-refractivity contribution in [2.45, 2.75) is 12.8 Å². The second kappa shape index (κ2) is 5.44. The molecular formula is C9H14N2O2. The molecule has 0 spiro atoms. The molecule has 0 atom stereocenters. The van der Waals surface area contributed by atoms with Crippen LogP contribution < -0.4 is 5.73 Å². The maximum atomic E-state index is 10.1. The third-order valence-electron chi connectivity index (χ3n) is 1.91. The van der Waals surface area contributed by atoms with Gasteiger partial charge in [0, 0.05) is 0 Å². The monoisotopic (exact) mass is 182 g/mol. The number of hydrogen-bond acceptors (Lipinski definition) is 3. The second-order valence-corrected chi connectivity index (χ2v) is 2.94. The Balaban J connectivity index is 2.05. The minimum absolute atomic E-state index is 0.100. The van der Waals surface area contributed by atoms with E-state index >= 15 is 0 Å². The van der Waals surface area contributed by atoms with Gasteiger partial charge in [-0.15, -0.1) is 0 Å². The van der Waals surface area contributed by atoms with Gasteiger partial charge in [-0.05, 0) is 25.9 Å². The van der Waals surface area contributed by atoms with Crippen molar-refractivity contribution < 1.29 is 9.53 Å². The molecule has 72 valence electrons. The predicted molar refractivity (Wildman–Crippen MR) is 49.0 cm³/mol. The standard InChI is InChI=1S/C9H14N2O2/c10-9(12)13-8-4-3-7-11-5-1-2-6-11/h1-2,5-8H2,(H2,10,12). The van der Waals surface area contributed by atoms with Gasteiger partial charge >= 0.3 is 6.09 Å². The van der Waals surface area contributed by atoms with Crippen molar-refractivity contribution in [1.29, 1.82) is 0 Å². The quantitative estimate of drug-likeness (QED) is 0.620. The SMILES string of the molecule is NC(=O)OCC#CCN1CCCC1. The summed E-state index contributed by atoms with van der Waals surface area (Å²) in [6.07, 6.45) is 1.76. The van der Waals surface area contributed by atoms with E-state index in [0.29, 0.717) is 0 Å². The highest BCUT2D eigenvalue weighted by atomic mass is 16.5. The molecule has 0 aromatic carbocycles. The first-order valence-electron chi connectivity index (χ1n) is 4.39. The number of carbonyl (C=O) groups excluding carboxylic acids is 1. The van der Waals surface area contributed by atoms with Crippen LogP contribution in [0.15, 0.2) is 0 Å². The minimum Gasteiger partial charge on any atom is -0.437 e. The van der Waals surface area contributed by atoms with Crippen LogP contribution >= 0.6 is 0 Å². The number of ether oxygens (including phenoxy) is 1. The number of hydrogen-bond donors (Lipinski definition) is 1. The van der Waals surface area contributed by atoms with Crippen molar-refractivity contribution in [2.75, 3.05) is 26.2 Å². The van der Waals surface area contributed by atoms with Gasteiger partial charge in [0.15, 0.2) is 6.61 Å². The van der Waals surface area contributed by atoms with E-state index < -0.39 is 6.09 Å². The first-order chi connectivity index (χ1) is 6.29. The molecule has 0 aliphatic carbocycles. The average Bonchev–Trinajstić information content (AvgIpc) is 2.55. The number of rotatable bonds is 2. The number of nitrogens with zero attached hydrogens (tertiary/aromatic N) is 1. The third-order valence-corrected chi connectivity index (χ3v) is 1.91. The lowest BCUT2D eigenvalue weighted by atomic mass is 10.4. The van der Waals surface area contributed by atoms with E-state index in [1.807, 2.05) is 0 Å². The summed E-state index contributed by atoms with van der Waals surface area (Å²) in [5, 5.41) is 0. The van der Waals surface area contributed by atoms with Gasteiger partial charge in [-0.25, -0.2) is 4.79 Å². The highest BCUT2D eigenvalue weighted by Crippen LogP contribution is 2.05. The number of nitrogens with two attached hydrogens (primary N) is 1. The zero-order valence-electron chi connectivity index (χ0n) is 7.58. The van der Waals surface area contributed by atoms with Crippen LogP contribution in [-0.4, -0.2) is 37.2 Å². The zero-order valence-corrected chi connectivity index (χ0v) is 7.58. The van der Waals surface area contributed by atoms with Crippen LogP contribution in [0.5, 0.6) is 0 Å². The van der Waals surface area contributed by atoms with Crippen LogP contribution in [0.2, 0.25) is 0 Å². The molecule has 0 aromatic rings. The predicted octanol–water partition coefficient (Wildman–Crippen LogP) is 0.181. The van der Waals surface area contributed by atoms with Crippen molar-refractivity contribution >= 4 is 6.09 Å². The highest BCUT2D eigenvalue weighted by molar-refractivity contribution is 5.64. The number of primary amides is 1. The molecular weight excluding hydrogens is 168 g/mol. The maximum Gasteiger partial charge on any atom is 0.405 e. The van der Waals surface area contributed by atoms with Gasteiger partial charge in [0.25, 0.3) is 0 Å². The minimum atomic E-state index is -0.768. The van der Waals surface area contributed by atoms with Gasteiger partial charge in [0.2, 0.25) is 0 Å². The Morgan fingerprint density at radius 2 is 2.08 bits per heavy atom. The smallest absolute Gasteiger partial charge is 0.405 e. The van der Waals surface area contributed by atoms with Crippen molar-refractivity contribution in [2.24, 2.45) is 5.73 Å². The summed E-state index contributed by atoms with van der Waals surface area (Å²) >= 11 is 0. The molecule has 1 amide bonds. The lowest BCUT2D eigenvalue weighted by Crippen LogP contribution is -2.19. The Morgan fingerprint density at radius 3 is 2.69 bits per heavy atom. The summed E-state index contributed by atoms with van der Waals surface area (Å²) in [6, 6.07) is 0. The zero-order chi connectivity index (χ0) is 9.52. The Morgan fingerprint density at radius 1 is 1.38 bits per heavy atom. The Bertz CT molecular complexity index is 224. The normalized spacial score (nSPS) is 16.3. The number of carbonyl (C=O) groups is 1. The third kappa shape index (κ3) is 4.38. The van der Waals surface area contributed by atoms with Crippen LogP contribution in [0.1, 0.15) is 12.8 Å². The molecule has 4 nitrogen and oxygen atoms in total. The van der Waals surface area contributed by atoms with E-state index in [9.17, 15) is 4.79 Å². The molecule has 1 aliphatic heterocycles. The van der Waals surface area contributed by atoms with Gasteiger partial charge in [-0.2, -0.15) is 0 Å². The first kappa shape index (κ1) is 9.87. The molecule has 0 radical (unpaired) electrons. The largest absolute Gasteiger partial charge is 0.437 e. The van der Waals surface area contributed by atoms with E-state index in [4.69, 9.17) is 5.73 Å². The molecule has 2 N–H and O–H groups in total. The lowest BCUT2D eigenvalue weighted by molar-refractivity contribution is 0.171. The maximum absolute atomic E-state index is 10.1. The summed E-state index contributed by atoms with van der Waals surface area (Å²) in [7, 11) is 0. The molecule has 13 heavy (non-hydrogen) atoms. The molecule has 0 aromatic heterocycles. The van der Waals surface area contributed by atoms with E-state index in [2.05, 4.69) is 21.5 Å². The van der Waals surface area contributed by atoms with E-state index in [1.54, 1.807) is 0 Å². The fraction of sp³-hybridized carbons (Fsp3) is 0.667. The van der Waals surface area contributed by atoms with Gasteiger partial charge < -0.3 is 10.5 Å². The van der Waals surface area contributed by atoms with Gasteiger partial charge in [0.1, 0.15) is 0 Å². The second-order valence-electron chi connectivity index (χ2n) is 2.94. The number of likely N-dealkylation sites (tertiary alicyclic amines) is 1. The fourth-order valence-electron chi connectivity index (χ4n) is 1.27. The van der Waals surface area contributed by atoms with Crippen LogP contribution in [0.4, 0.5) is 4.79 Å². The average molecular weight is 182 g/mol. The molecule has 4 heteroatoms. The summed E-state index contributed by atoms with van der Waals surface area (Å²) in [4.78, 5) is 12.4. The number of amides is 1. The van der Waals surface area contributed by atoms with Crippen LogP contribution in [0.3, 0.4) is 0 Å².